The summed E-state index contributed by atoms with van der Waals surface area (Å²) in [6, 6.07) is 1.11. The number of hydrogen-bond donors (Lipinski definition) is 0. The molecule has 1 aliphatic carbocycles. The van der Waals surface area contributed by atoms with E-state index in [1.54, 1.807) is 0 Å². The Labute approximate surface area is 161 Å². The number of rotatable bonds is 7. The van der Waals surface area contributed by atoms with Crippen LogP contribution in [0.15, 0.2) is 0 Å². The van der Waals surface area contributed by atoms with Gasteiger partial charge in [0.25, 0.3) is 0 Å². The van der Waals surface area contributed by atoms with Gasteiger partial charge in [0.15, 0.2) is 0 Å². The standard InChI is InChI=1S/C22H41NO3/c1-13(2)18-10-9-16(7)11-20(18)25-22-19(12-21(24)26-22)17(8)23(14(3)4)15(5)6/h13-20,22H,9-12H2,1-8H3/t16-,17+,18+,19+,20-,22-/m1/s1. The second-order valence-electron chi connectivity index (χ2n) is 9.60. The van der Waals surface area contributed by atoms with E-state index in [1.807, 2.05) is 0 Å². The predicted octanol–water partition coefficient (Wildman–Crippen LogP) is 4.86. The van der Waals surface area contributed by atoms with Crippen LogP contribution in [0.2, 0.25) is 0 Å². The number of carbonyl (C=O) groups excluding carboxylic acids is 1. The highest BCUT2D eigenvalue weighted by atomic mass is 16.7. The average Bonchev–Trinajstić information content (AvgIpc) is 2.86. The van der Waals surface area contributed by atoms with Gasteiger partial charge in [-0.05, 0) is 65.2 Å². The zero-order valence-corrected chi connectivity index (χ0v) is 18.2. The van der Waals surface area contributed by atoms with E-state index in [0.29, 0.717) is 36.3 Å². The van der Waals surface area contributed by atoms with Gasteiger partial charge in [0, 0.05) is 24.0 Å². The van der Waals surface area contributed by atoms with Crippen molar-refractivity contribution in [3.8, 4) is 0 Å². The molecule has 26 heavy (non-hydrogen) atoms. The lowest BCUT2D eigenvalue weighted by Gasteiger charge is -2.42. The first-order chi connectivity index (χ1) is 12.1. The first kappa shape index (κ1) is 21.7. The van der Waals surface area contributed by atoms with Gasteiger partial charge in [-0.15, -0.1) is 0 Å². The van der Waals surface area contributed by atoms with Gasteiger partial charge >= 0.3 is 5.97 Å². The third-order valence-corrected chi connectivity index (χ3v) is 6.55. The van der Waals surface area contributed by atoms with E-state index >= 15 is 0 Å². The molecule has 0 N–H and O–H groups in total. The van der Waals surface area contributed by atoms with Gasteiger partial charge in [-0.25, -0.2) is 0 Å². The van der Waals surface area contributed by atoms with Crippen LogP contribution in [0.25, 0.3) is 0 Å². The SMILES string of the molecule is CC(C)[C@@H]1CC[C@@H](C)C[C@H]1O[C@@H]1OC(=O)C[C@H]1[C@H](C)N(C(C)C)C(C)C. The van der Waals surface area contributed by atoms with E-state index < -0.39 is 6.29 Å². The molecule has 2 fully saturated rings. The highest BCUT2D eigenvalue weighted by Crippen LogP contribution is 2.39. The van der Waals surface area contributed by atoms with E-state index in [9.17, 15) is 4.79 Å². The Morgan fingerprint density at radius 2 is 1.62 bits per heavy atom. The molecule has 0 amide bonds. The van der Waals surface area contributed by atoms with Crippen molar-refractivity contribution < 1.29 is 14.3 Å². The molecule has 0 radical (unpaired) electrons. The summed E-state index contributed by atoms with van der Waals surface area (Å²) in [6.45, 7) is 18.0. The molecule has 6 atom stereocenters. The lowest BCUT2D eigenvalue weighted by Crippen LogP contribution is -2.50. The fourth-order valence-electron chi connectivity index (χ4n) is 5.28. The second-order valence-corrected chi connectivity index (χ2v) is 9.60. The molecule has 4 heteroatoms. The Morgan fingerprint density at radius 3 is 2.15 bits per heavy atom. The number of carbonyl (C=O) groups is 1. The molecule has 2 rings (SSSR count). The lowest BCUT2D eigenvalue weighted by atomic mass is 9.75. The average molecular weight is 368 g/mol. The summed E-state index contributed by atoms with van der Waals surface area (Å²) in [6.07, 6.45) is 3.85. The first-order valence-corrected chi connectivity index (χ1v) is 10.7. The maximum atomic E-state index is 12.1. The summed E-state index contributed by atoms with van der Waals surface area (Å²) in [5.41, 5.74) is 0. The fraction of sp³-hybridized carbons (Fsp3) is 0.955. The fourth-order valence-corrected chi connectivity index (χ4v) is 5.28. The summed E-state index contributed by atoms with van der Waals surface area (Å²) in [4.78, 5) is 14.6. The molecule has 0 aromatic carbocycles. The lowest BCUT2D eigenvalue weighted by molar-refractivity contribution is -0.201. The number of hydrogen-bond acceptors (Lipinski definition) is 4. The van der Waals surface area contributed by atoms with Gasteiger partial charge in [0.2, 0.25) is 6.29 Å². The molecule has 2 aliphatic rings. The van der Waals surface area contributed by atoms with Crippen molar-refractivity contribution in [3.63, 3.8) is 0 Å². The van der Waals surface area contributed by atoms with Gasteiger partial charge in [0.1, 0.15) is 0 Å². The normalized spacial score (nSPS) is 34.2. The van der Waals surface area contributed by atoms with Crippen molar-refractivity contribution in [1.29, 1.82) is 0 Å². The minimum Gasteiger partial charge on any atom is -0.435 e. The van der Waals surface area contributed by atoms with E-state index in [1.165, 1.54) is 12.8 Å². The van der Waals surface area contributed by atoms with Crippen molar-refractivity contribution in [2.75, 3.05) is 0 Å². The minimum atomic E-state index is -0.394. The van der Waals surface area contributed by atoms with Crippen LogP contribution in [0.4, 0.5) is 0 Å². The molecule has 1 saturated carbocycles. The molecule has 152 valence electrons. The van der Waals surface area contributed by atoms with Gasteiger partial charge in [-0.3, -0.25) is 9.69 Å². The quantitative estimate of drug-likeness (QED) is 0.602. The Hall–Kier alpha value is -0.610. The Kier molecular flexibility index (Phi) is 7.55. The maximum Gasteiger partial charge on any atom is 0.308 e. The third kappa shape index (κ3) is 5.01. The van der Waals surface area contributed by atoms with Crippen LogP contribution >= 0.6 is 0 Å². The third-order valence-electron chi connectivity index (χ3n) is 6.55. The monoisotopic (exact) mass is 367 g/mol. The Bertz CT molecular complexity index is 454. The van der Waals surface area contributed by atoms with Gasteiger partial charge in [-0.1, -0.05) is 27.2 Å². The van der Waals surface area contributed by atoms with Gasteiger partial charge in [0.05, 0.1) is 12.5 Å². The largest absolute Gasteiger partial charge is 0.435 e. The van der Waals surface area contributed by atoms with E-state index in [0.717, 1.165) is 6.42 Å². The van der Waals surface area contributed by atoms with Crippen LogP contribution in [0, 0.1) is 23.7 Å². The van der Waals surface area contributed by atoms with Gasteiger partial charge in [-0.2, -0.15) is 0 Å². The van der Waals surface area contributed by atoms with Crippen molar-refractivity contribution >= 4 is 5.97 Å². The topological polar surface area (TPSA) is 38.8 Å². The zero-order valence-electron chi connectivity index (χ0n) is 18.2. The molecule has 0 bridgehead atoms. The molecule has 1 saturated heterocycles. The summed E-state index contributed by atoms with van der Waals surface area (Å²) < 4.78 is 12.2. The number of esters is 1. The maximum absolute atomic E-state index is 12.1. The molecule has 1 aliphatic heterocycles. The number of ether oxygens (including phenoxy) is 2. The van der Waals surface area contributed by atoms with Crippen molar-refractivity contribution in [3.05, 3.63) is 0 Å². The summed E-state index contributed by atoms with van der Waals surface area (Å²) in [5.74, 6) is 1.85. The summed E-state index contributed by atoms with van der Waals surface area (Å²) in [5, 5.41) is 0. The van der Waals surface area contributed by atoms with Crippen LogP contribution in [-0.4, -0.2) is 41.4 Å². The Morgan fingerprint density at radius 1 is 1.00 bits per heavy atom. The molecule has 0 aromatic heterocycles. The molecule has 0 spiro atoms. The van der Waals surface area contributed by atoms with Crippen molar-refractivity contribution in [2.45, 2.75) is 112 Å². The van der Waals surface area contributed by atoms with E-state index in [4.69, 9.17) is 9.47 Å². The Balaban J connectivity index is 2.14. The summed E-state index contributed by atoms with van der Waals surface area (Å²) in [7, 11) is 0. The minimum absolute atomic E-state index is 0.107. The van der Waals surface area contributed by atoms with Crippen LogP contribution in [0.1, 0.15) is 81.1 Å². The van der Waals surface area contributed by atoms with Crippen molar-refractivity contribution in [1.82, 2.24) is 4.90 Å². The number of nitrogens with zero attached hydrogens (tertiary/aromatic N) is 1. The van der Waals surface area contributed by atoms with E-state index in [2.05, 4.69) is 60.3 Å². The molecule has 4 nitrogen and oxygen atoms in total. The van der Waals surface area contributed by atoms with Gasteiger partial charge < -0.3 is 9.47 Å². The van der Waals surface area contributed by atoms with Crippen LogP contribution in [-0.2, 0) is 14.3 Å². The molecule has 1 heterocycles. The summed E-state index contributed by atoms with van der Waals surface area (Å²) >= 11 is 0. The highest BCUT2D eigenvalue weighted by molar-refractivity contribution is 5.72. The highest BCUT2D eigenvalue weighted by Gasteiger charge is 2.45. The zero-order chi connectivity index (χ0) is 19.6. The van der Waals surface area contributed by atoms with E-state index in [-0.39, 0.29) is 24.0 Å². The predicted molar refractivity (Wildman–Crippen MR) is 106 cm³/mol. The molecule has 0 aromatic rings. The molecule has 0 unspecified atom stereocenters. The molecular formula is C22H41NO3. The first-order valence-electron chi connectivity index (χ1n) is 10.7. The number of cyclic esters (lactones) is 1. The molecular weight excluding hydrogens is 326 g/mol. The van der Waals surface area contributed by atoms with Crippen LogP contribution in [0.5, 0.6) is 0 Å². The van der Waals surface area contributed by atoms with Crippen molar-refractivity contribution in [2.24, 2.45) is 23.7 Å². The smallest absolute Gasteiger partial charge is 0.308 e. The van der Waals surface area contributed by atoms with Crippen LogP contribution in [0.3, 0.4) is 0 Å². The van der Waals surface area contributed by atoms with Crippen LogP contribution < -0.4 is 0 Å². The second kappa shape index (κ2) is 9.05.